The molecule has 27 heavy (non-hydrogen) atoms. The number of benzene rings is 1. The molecule has 2 amide bonds. The van der Waals surface area contributed by atoms with Crippen molar-refractivity contribution < 1.29 is 29.5 Å². The molecule has 2 saturated heterocycles. The van der Waals surface area contributed by atoms with Gasteiger partial charge in [-0.15, -0.1) is 0 Å². The number of hydrogen-bond donors (Lipinski definition) is 3. The first-order valence-corrected chi connectivity index (χ1v) is 9.58. The van der Waals surface area contributed by atoms with E-state index in [1.54, 1.807) is 12.1 Å². The first kappa shape index (κ1) is 18.7. The highest BCUT2D eigenvalue weighted by molar-refractivity contribution is 9.10. The number of fused-ring (bicyclic) bond motifs is 3. The summed E-state index contributed by atoms with van der Waals surface area (Å²) in [6.45, 7) is -0.298. The van der Waals surface area contributed by atoms with E-state index in [0.29, 0.717) is 23.0 Å². The first-order chi connectivity index (χ1) is 12.8. The van der Waals surface area contributed by atoms with Gasteiger partial charge < -0.3 is 19.9 Å². The molecule has 9 heteroatoms. The number of amides is 2. The van der Waals surface area contributed by atoms with Gasteiger partial charge in [0.2, 0.25) is 11.8 Å². The van der Waals surface area contributed by atoms with Crippen molar-refractivity contribution >= 4 is 34.9 Å². The molecule has 3 aliphatic rings. The maximum Gasteiger partial charge on any atom is 0.487 e. The summed E-state index contributed by atoms with van der Waals surface area (Å²) < 4.78 is 6.49. The monoisotopic (exact) mass is 435 g/mol. The van der Waals surface area contributed by atoms with Gasteiger partial charge in [0, 0.05) is 17.1 Å². The van der Waals surface area contributed by atoms with Crippen LogP contribution >= 0.6 is 15.9 Å². The van der Waals surface area contributed by atoms with E-state index in [0.717, 1.165) is 9.37 Å². The van der Waals surface area contributed by atoms with E-state index in [1.165, 1.54) is 13.1 Å². The third kappa shape index (κ3) is 2.84. The largest absolute Gasteiger partial charge is 0.508 e. The number of aliphatic hydroxyl groups is 1. The van der Waals surface area contributed by atoms with Crippen molar-refractivity contribution in [2.45, 2.75) is 18.9 Å². The molecule has 2 heterocycles. The summed E-state index contributed by atoms with van der Waals surface area (Å²) in [4.78, 5) is 26.3. The Morgan fingerprint density at radius 2 is 2.04 bits per heavy atom. The minimum absolute atomic E-state index is 0.0310. The maximum atomic E-state index is 12.7. The van der Waals surface area contributed by atoms with Gasteiger partial charge >= 0.3 is 7.12 Å². The second-order valence-corrected chi connectivity index (χ2v) is 8.23. The number of carbonyl (C=O) groups is 2. The molecule has 1 aliphatic carbocycles. The Kier molecular flexibility index (Phi) is 4.66. The van der Waals surface area contributed by atoms with Crippen LogP contribution in [0.2, 0.25) is 0 Å². The highest BCUT2D eigenvalue weighted by Crippen LogP contribution is 2.51. The van der Waals surface area contributed by atoms with Crippen molar-refractivity contribution in [2.75, 3.05) is 13.7 Å². The minimum Gasteiger partial charge on any atom is -0.508 e. The lowest BCUT2D eigenvalue weighted by atomic mass is 9.55. The third-order valence-corrected chi connectivity index (χ3v) is 6.45. The summed E-state index contributed by atoms with van der Waals surface area (Å²) in [5.74, 6) is -2.03. The summed E-state index contributed by atoms with van der Waals surface area (Å²) in [5, 5.41) is 30.6. The van der Waals surface area contributed by atoms with Crippen LogP contribution in [0.3, 0.4) is 0 Å². The van der Waals surface area contributed by atoms with Gasteiger partial charge in [0.15, 0.2) is 0 Å². The van der Waals surface area contributed by atoms with E-state index >= 15 is 0 Å². The molecule has 142 valence electrons. The van der Waals surface area contributed by atoms with E-state index in [4.69, 9.17) is 4.65 Å². The molecule has 0 bridgehead atoms. The summed E-state index contributed by atoms with van der Waals surface area (Å²) in [6.07, 6.45) is -0.0676. The molecular weight excluding hydrogens is 417 g/mol. The summed E-state index contributed by atoms with van der Waals surface area (Å²) in [5.41, 5.74) is 1.56. The van der Waals surface area contributed by atoms with Gasteiger partial charge in [-0.2, -0.15) is 0 Å². The molecule has 0 unspecified atom stereocenters. The Bertz CT molecular complexity index is 858. The zero-order valence-corrected chi connectivity index (χ0v) is 16.2. The molecule has 7 nitrogen and oxygen atoms in total. The fraction of sp³-hybridized carbons (Fsp3) is 0.444. The molecule has 3 N–H and O–H groups in total. The van der Waals surface area contributed by atoms with Crippen LogP contribution in [-0.4, -0.2) is 52.7 Å². The number of carbonyl (C=O) groups excluding carboxylic acids is 2. The van der Waals surface area contributed by atoms with Gasteiger partial charge in [0.25, 0.3) is 0 Å². The molecule has 0 spiro atoms. The fourth-order valence-corrected chi connectivity index (χ4v) is 5.08. The summed E-state index contributed by atoms with van der Waals surface area (Å²) in [7, 11) is 0.165. The average molecular weight is 436 g/mol. The minimum atomic E-state index is -1.30. The molecule has 4 atom stereocenters. The van der Waals surface area contributed by atoms with Crippen molar-refractivity contribution in [3.63, 3.8) is 0 Å². The molecule has 1 aromatic carbocycles. The molecular formula is C18H19BBrNO6. The number of aliphatic hydroxyl groups excluding tert-OH is 1. The number of halogens is 1. The van der Waals surface area contributed by atoms with E-state index < -0.39 is 31.0 Å². The summed E-state index contributed by atoms with van der Waals surface area (Å²) >= 11 is 3.36. The number of nitrogens with zero attached hydrogens (tertiary/aromatic N) is 1. The molecule has 2 aliphatic heterocycles. The molecule has 0 aromatic heterocycles. The van der Waals surface area contributed by atoms with Crippen molar-refractivity contribution in [2.24, 2.45) is 17.8 Å². The normalized spacial score (nSPS) is 30.7. The van der Waals surface area contributed by atoms with Crippen molar-refractivity contribution in [1.82, 2.24) is 4.90 Å². The zero-order valence-electron chi connectivity index (χ0n) is 14.6. The standard InChI is InChI=1S/C18H19BBrNO6/c1-21-17(24)12-4-8(7-22)16-11(15(12)18(21)25)6-14(27-19(16)26)10-5-9(20)2-3-13(10)23/h2-3,5,11-12,14-15,22-23,26H,4,6-7H2,1H3/t11-,12-,14-,15+/m0/s1. The second kappa shape index (κ2) is 6.74. The Balaban J connectivity index is 1.77. The number of likely N-dealkylation sites (tertiary alicyclic amines) is 1. The van der Waals surface area contributed by atoms with Crippen LogP contribution in [0.1, 0.15) is 24.5 Å². The van der Waals surface area contributed by atoms with Gasteiger partial charge in [-0.1, -0.05) is 15.9 Å². The van der Waals surface area contributed by atoms with Crippen LogP contribution in [0.15, 0.2) is 33.7 Å². The van der Waals surface area contributed by atoms with Crippen LogP contribution in [0.5, 0.6) is 5.75 Å². The lowest BCUT2D eigenvalue weighted by Crippen LogP contribution is -2.45. The van der Waals surface area contributed by atoms with Crippen LogP contribution in [0.25, 0.3) is 0 Å². The van der Waals surface area contributed by atoms with E-state index in [-0.39, 0.29) is 30.6 Å². The first-order valence-electron chi connectivity index (χ1n) is 8.79. The van der Waals surface area contributed by atoms with Crippen LogP contribution in [0, 0.1) is 17.8 Å². The van der Waals surface area contributed by atoms with E-state index in [1.807, 2.05) is 0 Å². The molecule has 1 aromatic rings. The predicted molar refractivity (Wildman–Crippen MR) is 99.2 cm³/mol. The fourth-order valence-electron chi connectivity index (χ4n) is 4.70. The molecule has 2 fully saturated rings. The Morgan fingerprint density at radius 3 is 2.74 bits per heavy atom. The molecule has 0 saturated carbocycles. The SMILES string of the molecule is CN1C(=O)[C@H]2[C@H](CC(CO)=C3B(O)O[C@H](c4cc(Br)ccc4O)C[C@H]32)C1=O. The Hall–Kier alpha value is -1.68. The highest BCUT2D eigenvalue weighted by Gasteiger charge is 2.57. The van der Waals surface area contributed by atoms with Gasteiger partial charge in [-0.05, 0) is 48.0 Å². The smallest absolute Gasteiger partial charge is 0.487 e. The van der Waals surface area contributed by atoms with Gasteiger partial charge in [0.1, 0.15) is 5.75 Å². The number of phenolic OH excluding ortho intramolecular Hbond substituents is 1. The number of rotatable bonds is 2. The van der Waals surface area contributed by atoms with E-state index in [9.17, 15) is 24.8 Å². The predicted octanol–water partition coefficient (Wildman–Crippen LogP) is 1.18. The lowest BCUT2D eigenvalue weighted by Gasteiger charge is -2.42. The Labute approximate surface area is 164 Å². The van der Waals surface area contributed by atoms with Crippen LogP contribution in [-0.2, 0) is 14.2 Å². The highest BCUT2D eigenvalue weighted by atomic mass is 79.9. The number of aromatic hydroxyl groups is 1. The number of hydrogen-bond acceptors (Lipinski definition) is 6. The van der Waals surface area contributed by atoms with Crippen LogP contribution in [0.4, 0.5) is 0 Å². The third-order valence-electron chi connectivity index (χ3n) is 5.96. The van der Waals surface area contributed by atoms with Crippen molar-refractivity contribution in [3.05, 3.63) is 39.3 Å². The number of allylic oxidation sites excluding steroid dienone is 1. The Morgan fingerprint density at radius 1 is 1.30 bits per heavy atom. The summed E-state index contributed by atoms with van der Waals surface area (Å²) in [6, 6.07) is 4.93. The zero-order chi connectivity index (χ0) is 19.5. The number of phenols is 1. The van der Waals surface area contributed by atoms with Gasteiger partial charge in [-0.3, -0.25) is 14.5 Å². The second-order valence-electron chi connectivity index (χ2n) is 7.31. The van der Waals surface area contributed by atoms with Crippen molar-refractivity contribution in [3.8, 4) is 5.75 Å². The quantitative estimate of drug-likeness (QED) is 0.475. The molecule has 4 rings (SSSR count). The topological polar surface area (TPSA) is 107 Å². The lowest BCUT2D eigenvalue weighted by molar-refractivity contribution is -0.138. The van der Waals surface area contributed by atoms with E-state index in [2.05, 4.69) is 15.9 Å². The molecule has 0 radical (unpaired) electrons. The van der Waals surface area contributed by atoms with Gasteiger partial charge in [-0.25, -0.2) is 0 Å². The van der Waals surface area contributed by atoms with Crippen molar-refractivity contribution in [1.29, 1.82) is 0 Å². The maximum absolute atomic E-state index is 12.7. The number of imide groups is 1. The van der Waals surface area contributed by atoms with Crippen LogP contribution < -0.4 is 0 Å². The average Bonchev–Trinajstić information content (AvgIpc) is 2.87. The van der Waals surface area contributed by atoms with Gasteiger partial charge in [0.05, 0.1) is 24.5 Å².